The number of sulfonamides is 1. The Labute approximate surface area is 192 Å². The van der Waals surface area contributed by atoms with Gasteiger partial charge in [-0.25, -0.2) is 8.42 Å². The molecule has 0 saturated carbocycles. The second-order valence-corrected chi connectivity index (χ2v) is 9.87. The molecular formula is C25H22N4O3S. The number of hydrogen-bond acceptors (Lipinski definition) is 4. The van der Waals surface area contributed by atoms with Crippen molar-refractivity contribution in [2.45, 2.75) is 24.9 Å². The summed E-state index contributed by atoms with van der Waals surface area (Å²) in [5, 5.41) is 9.89. The number of anilines is 1. The number of aromatic amines is 1. The number of rotatable bonds is 5. The molecule has 0 saturated heterocycles. The van der Waals surface area contributed by atoms with Crippen molar-refractivity contribution < 1.29 is 13.2 Å². The Balaban J connectivity index is 1.32. The zero-order chi connectivity index (χ0) is 23.0. The number of aryl methyl sites for hydroxylation is 1. The first-order chi connectivity index (χ1) is 15.9. The fourth-order valence-electron chi connectivity index (χ4n) is 3.99. The van der Waals surface area contributed by atoms with E-state index in [1.807, 2.05) is 48.5 Å². The highest BCUT2D eigenvalue weighted by Gasteiger charge is 2.34. The van der Waals surface area contributed by atoms with Gasteiger partial charge in [0.05, 0.1) is 17.1 Å². The summed E-state index contributed by atoms with van der Waals surface area (Å²) in [5.74, 6) is 0.0498. The molecule has 1 amide bonds. The van der Waals surface area contributed by atoms with Crippen molar-refractivity contribution in [3.05, 3.63) is 101 Å². The third-order valence-corrected chi connectivity index (χ3v) is 7.77. The lowest BCUT2D eigenvalue weighted by Gasteiger charge is -2.17. The van der Waals surface area contributed by atoms with E-state index in [1.165, 1.54) is 4.31 Å². The van der Waals surface area contributed by atoms with Gasteiger partial charge in [0.25, 0.3) is 5.91 Å². The quantitative estimate of drug-likeness (QED) is 0.465. The molecule has 0 bridgehead atoms. The summed E-state index contributed by atoms with van der Waals surface area (Å²) in [6, 6.07) is 24.2. The molecule has 166 valence electrons. The number of fused-ring (bicyclic) bond motifs is 1. The Morgan fingerprint density at radius 3 is 2.30 bits per heavy atom. The minimum Gasteiger partial charge on any atom is -0.305 e. The second kappa shape index (κ2) is 8.31. The van der Waals surface area contributed by atoms with Crippen LogP contribution < -0.4 is 5.32 Å². The molecule has 1 aliphatic heterocycles. The molecule has 8 heteroatoms. The lowest BCUT2D eigenvalue weighted by molar-refractivity contribution is 0.102. The van der Waals surface area contributed by atoms with Crippen LogP contribution in [0, 0.1) is 6.92 Å². The predicted molar refractivity (Wildman–Crippen MR) is 126 cm³/mol. The van der Waals surface area contributed by atoms with Gasteiger partial charge in [0.1, 0.15) is 0 Å². The van der Waals surface area contributed by atoms with E-state index < -0.39 is 10.0 Å². The van der Waals surface area contributed by atoms with Crippen LogP contribution in [0.5, 0.6) is 0 Å². The number of nitrogens with zero attached hydrogens (tertiary/aromatic N) is 2. The smallest absolute Gasteiger partial charge is 0.256 e. The van der Waals surface area contributed by atoms with E-state index in [2.05, 4.69) is 15.5 Å². The van der Waals surface area contributed by atoms with Crippen molar-refractivity contribution in [2.24, 2.45) is 0 Å². The number of H-pyrrole nitrogens is 1. The SMILES string of the molecule is Cc1ccccc1S(=O)(=O)N1Cc2[nH]nc(NC(=O)c3ccc(-c4ccccc4)cc3)c2C1. The topological polar surface area (TPSA) is 95.2 Å². The minimum absolute atomic E-state index is 0.144. The Bertz CT molecular complexity index is 1430. The van der Waals surface area contributed by atoms with Crippen molar-refractivity contribution >= 4 is 21.7 Å². The number of benzene rings is 3. The largest absolute Gasteiger partial charge is 0.305 e. The van der Waals surface area contributed by atoms with Gasteiger partial charge < -0.3 is 5.32 Å². The third kappa shape index (κ3) is 3.94. The van der Waals surface area contributed by atoms with Crippen LogP contribution in [-0.4, -0.2) is 28.8 Å². The molecule has 5 rings (SSSR count). The number of carbonyl (C=O) groups excluding carboxylic acids is 1. The zero-order valence-corrected chi connectivity index (χ0v) is 18.8. The van der Waals surface area contributed by atoms with E-state index in [1.54, 1.807) is 37.3 Å². The van der Waals surface area contributed by atoms with Crippen LogP contribution in [0.2, 0.25) is 0 Å². The Morgan fingerprint density at radius 2 is 1.58 bits per heavy atom. The minimum atomic E-state index is -3.66. The summed E-state index contributed by atoms with van der Waals surface area (Å²) in [6.07, 6.45) is 0. The maximum atomic E-state index is 13.1. The highest BCUT2D eigenvalue weighted by atomic mass is 32.2. The van der Waals surface area contributed by atoms with E-state index in [0.29, 0.717) is 28.2 Å². The molecule has 0 spiro atoms. The lowest BCUT2D eigenvalue weighted by Crippen LogP contribution is -2.27. The van der Waals surface area contributed by atoms with Gasteiger partial charge >= 0.3 is 0 Å². The Hall–Kier alpha value is -3.75. The van der Waals surface area contributed by atoms with E-state index in [9.17, 15) is 13.2 Å². The molecule has 1 aliphatic rings. The van der Waals surface area contributed by atoms with Gasteiger partial charge in [-0.05, 0) is 41.8 Å². The van der Waals surface area contributed by atoms with Crippen molar-refractivity contribution in [2.75, 3.05) is 5.32 Å². The monoisotopic (exact) mass is 458 g/mol. The highest BCUT2D eigenvalue weighted by molar-refractivity contribution is 7.89. The summed E-state index contributed by atoms with van der Waals surface area (Å²) in [5.41, 5.74) is 4.64. The van der Waals surface area contributed by atoms with Gasteiger partial charge in [-0.3, -0.25) is 9.89 Å². The van der Waals surface area contributed by atoms with E-state index in [0.717, 1.165) is 11.1 Å². The maximum absolute atomic E-state index is 13.1. The van der Waals surface area contributed by atoms with Crippen molar-refractivity contribution in [3.8, 4) is 11.1 Å². The summed E-state index contributed by atoms with van der Waals surface area (Å²) in [6.45, 7) is 2.10. The molecule has 7 nitrogen and oxygen atoms in total. The molecule has 0 atom stereocenters. The maximum Gasteiger partial charge on any atom is 0.256 e. The van der Waals surface area contributed by atoms with Crippen LogP contribution >= 0.6 is 0 Å². The first-order valence-corrected chi connectivity index (χ1v) is 12.0. The molecule has 2 heterocycles. The molecule has 0 radical (unpaired) electrons. The van der Waals surface area contributed by atoms with Gasteiger partial charge in [0.15, 0.2) is 5.82 Å². The second-order valence-electron chi connectivity index (χ2n) is 7.97. The zero-order valence-electron chi connectivity index (χ0n) is 17.9. The number of amides is 1. The molecular weight excluding hydrogens is 436 g/mol. The van der Waals surface area contributed by atoms with Gasteiger partial charge in [0, 0.05) is 17.7 Å². The van der Waals surface area contributed by atoms with Gasteiger partial charge in [-0.2, -0.15) is 9.40 Å². The molecule has 4 aromatic rings. The number of carbonyl (C=O) groups is 1. The van der Waals surface area contributed by atoms with Crippen molar-refractivity contribution in [3.63, 3.8) is 0 Å². The number of hydrogen-bond donors (Lipinski definition) is 2. The summed E-state index contributed by atoms with van der Waals surface area (Å²) in [4.78, 5) is 13.1. The van der Waals surface area contributed by atoms with Gasteiger partial charge in [-0.15, -0.1) is 0 Å². The average Bonchev–Trinajstić information content (AvgIpc) is 3.42. The Kier molecular flexibility index (Phi) is 5.32. The molecule has 0 aliphatic carbocycles. The standard InChI is InChI=1S/C25H22N4O3S/c1-17-7-5-6-10-23(17)33(31,32)29-15-21-22(16-29)27-28-24(21)26-25(30)20-13-11-19(12-14-20)18-8-3-2-4-9-18/h2-14H,15-16H2,1H3,(H2,26,27,28,30). The normalized spacial score (nSPS) is 13.6. The van der Waals surface area contributed by atoms with Gasteiger partial charge in [-0.1, -0.05) is 60.7 Å². The molecule has 2 N–H and O–H groups in total. The molecule has 0 unspecified atom stereocenters. The van der Waals surface area contributed by atoms with Crippen LogP contribution in [0.4, 0.5) is 5.82 Å². The fourth-order valence-corrected chi connectivity index (χ4v) is 5.60. The number of nitrogens with one attached hydrogen (secondary N) is 2. The lowest BCUT2D eigenvalue weighted by atomic mass is 10.0. The van der Waals surface area contributed by atoms with Crippen molar-refractivity contribution in [1.29, 1.82) is 0 Å². The summed E-state index contributed by atoms with van der Waals surface area (Å²) < 4.78 is 27.7. The van der Waals surface area contributed by atoms with Gasteiger partial charge in [0.2, 0.25) is 10.0 Å². The summed E-state index contributed by atoms with van der Waals surface area (Å²) >= 11 is 0. The van der Waals surface area contributed by atoms with E-state index in [-0.39, 0.29) is 23.9 Å². The van der Waals surface area contributed by atoms with Crippen molar-refractivity contribution in [1.82, 2.24) is 14.5 Å². The first kappa shape index (κ1) is 21.1. The van der Waals surface area contributed by atoms with E-state index >= 15 is 0 Å². The average molecular weight is 459 g/mol. The van der Waals surface area contributed by atoms with Crippen LogP contribution in [0.15, 0.2) is 83.8 Å². The Morgan fingerprint density at radius 1 is 0.909 bits per heavy atom. The fraction of sp³-hybridized carbons (Fsp3) is 0.120. The van der Waals surface area contributed by atoms with Crippen LogP contribution in [-0.2, 0) is 23.1 Å². The molecule has 33 heavy (non-hydrogen) atoms. The summed E-state index contributed by atoms with van der Waals surface area (Å²) in [7, 11) is -3.66. The van der Waals surface area contributed by atoms with E-state index in [4.69, 9.17) is 0 Å². The predicted octanol–water partition coefficient (Wildman–Crippen LogP) is 4.34. The van der Waals surface area contributed by atoms with Crippen LogP contribution in [0.1, 0.15) is 27.2 Å². The third-order valence-electron chi connectivity index (χ3n) is 5.82. The number of aromatic nitrogens is 2. The van der Waals surface area contributed by atoms with Crippen LogP contribution in [0.3, 0.4) is 0 Å². The highest BCUT2D eigenvalue weighted by Crippen LogP contribution is 2.32. The molecule has 1 aromatic heterocycles. The van der Waals surface area contributed by atoms with Crippen LogP contribution in [0.25, 0.3) is 11.1 Å². The first-order valence-electron chi connectivity index (χ1n) is 10.5. The molecule has 0 fully saturated rings. The molecule has 3 aromatic carbocycles.